The van der Waals surface area contributed by atoms with Gasteiger partial charge in [-0.25, -0.2) is 0 Å². The summed E-state index contributed by atoms with van der Waals surface area (Å²) in [5.74, 6) is 1.44. The van der Waals surface area contributed by atoms with E-state index in [1.165, 1.54) is 5.56 Å². The van der Waals surface area contributed by atoms with Crippen molar-refractivity contribution in [3.63, 3.8) is 0 Å². The minimum absolute atomic E-state index is 0.0264. The molecule has 1 heterocycles. The Kier molecular flexibility index (Phi) is 4.34. The zero-order chi connectivity index (χ0) is 17.3. The Bertz CT molecular complexity index is 786. The Labute approximate surface area is 142 Å². The average molecular weight is 326 g/mol. The van der Waals surface area contributed by atoms with Gasteiger partial charge in [-0.1, -0.05) is 0 Å². The van der Waals surface area contributed by atoms with Gasteiger partial charge in [0, 0.05) is 24.3 Å². The number of methoxy groups -OCH3 is 2. The van der Waals surface area contributed by atoms with E-state index in [1.807, 2.05) is 30.0 Å². The van der Waals surface area contributed by atoms with Crippen LogP contribution < -0.4 is 15.2 Å². The van der Waals surface area contributed by atoms with Crippen molar-refractivity contribution in [3.8, 4) is 11.5 Å². The minimum Gasteiger partial charge on any atom is -0.493 e. The Balaban J connectivity index is 1.86. The molecule has 1 amide bonds. The first-order valence-electron chi connectivity index (χ1n) is 7.92. The first-order valence-corrected chi connectivity index (χ1v) is 7.92. The summed E-state index contributed by atoms with van der Waals surface area (Å²) in [6, 6.07) is 9.39. The predicted octanol–water partition coefficient (Wildman–Crippen LogP) is 2.79. The Morgan fingerprint density at radius 3 is 2.38 bits per heavy atom. The molecule has 0 aromatic heterocycles. The van der Waals surface area contributed by atoms with Crippen molar-refractivity contribution in [2.45, 2.75) is 19.9 Å². The van der Waals surface area contributed by atoms with Crippen LogP contribution in [0.2, 0.25) is 0 Å². The van der Waals surface area contributed by atoms with Gasteiger partial charge in [0.15, 0.2) is 11.5 Å². The second-order valence-corrected chi connectivity index (χ2v) is 6.02. The van der Waals surface area contributed by atoms with Crippen molar-refractivity contribution in [1.29, 1.82) is 0 Å². The van der Waals surface area contributed by atoms with Crippen molar-refractivity contribution < 1.29 is 14.3 Å². The topological polar surface area (TPSA) is 64.8 Å². The number of rotatable bonds is 3. The van der Waals surface area contributed by atoms with E-state index in [2.05, 4.69) is 0 Å². The number of hydrogen-bond acceptors (Lipinski definition) is 4. The predicted molar refractivity (Wildman–Crippen MR) is 93.6 cm³/mol. The molecule has 24 heavy (non-hydrogen) atoms. The molecule has 0 aliphatic carbocycles. The highest BCUT2D eigenvalue weighted by molar-refractivity contribution is 5.95. The normalized spacial score (nSPS) is 13.4. The number of carbonyl (C=O) groups excluding carboxylic acids is 1. The lowest BCUT2D eigenvalue weighted by molar-refractivity contribution is 0.0734. The largest absolute Gasteiger partial charge is 0.493 e. The van der Waals surface area contributed by atoms with Gasteiger partial charge in [0.25, 0.3) is 5.91 Å². The Morgan fingerprint density at radius 2 is 1.75 bits per heavy atom. The molecule has 0 radical (unpaired) electrons. The molecule has 2 N–H and O–H groups in total. The summed E-state index contributed by atoms with van der Waals surface area (Å²) in [6.45, 7) is 3.16. The maximum Gasteiger partial charge on any atom is 0.254 e. The van der Waals surface area contributed by atoms with Crippen LogP contribution in [-0.2, 0) is 13.0 Å². The molecule has 0 unspecified atom stereocenters. The van der Waals surface area contributed by atoms with Crippen LogP contribution in [0.3, 0.4) is 0 Å². The maximum absolute atomic E-state index is 12.8. The van der Waals surface area contributed by atoms with Crippen molar-refractivity contribution in [2.75, 3.05) is 26.5 Å². The molecule has 0 saturated carbocycles. The van der Waals surface area contributed by atoms with Gasteiger partial charge in [0.1, 0.15) is 0 Å². The molecule has 126 valence electrons. The number of fused-ring (bicyclic) bond motifs is 1. The number of aryl methyl sites for hydroxylation is 1. The van der Waals surface area contributed by atoms with Crippen molar-refractivity contribution in [2.24, 2.45) is 0 Å². The molecule has 5 heteroatoms. The second-order valence-electron chi connectivity index (χ2n) is 6.02. The summed E-state index contributed by atoms with van der Waals surface area (Å²) in [5.41, 5.74) is 10.4. The smallest absolute Gasteiger partial charge is 0.254 e. The molecule has 2 aromatic rings. The van der Waals surface area contributed by atoms with Crippen molar-refractivity contribution >= 4 is 11.6 Å². The van der Waals surface area contributed by atoms with Gasteiger partial charge in [0.2, 0.25) is 0 Å². The van der Waals surface area contributed by atoms with Crippen LogP contribution in [0.25, 0.3) is 0 Å². The fourth-order valence-electron chi connectivity index (χ4n) is 3.05. The number of nitrogens with two attached hydrogens (primary N) is 1. The summed E-state index contributed by atoms with van der Waals surface area (Å²) < 4.78 is 10.7. The number of benzene rings is 2. The van der Waals surface area contributed by atoms with Gasteiger partial charge in [0.05, 0.1) is 14.2 Å². The summed E-state index contributed by atoms with van der Waals surface area (Å²) in [7, 11) is 3.25. The van der Waals surface area contributed by atoms with E-state index < -0.39 is 0 Å². The zero-order valence-electron chi connectivity index (χ0n) is 14.3. The van der Waals surface area contributed by atoms with Crippen LogP contribution in [0.5, 0.6) is 11.5 Å². The highest BCUT2D eigenvalue weighted by Gasteiger charge is 2.23. The maximum atomic E-state index is 12.8. The molecule has 0 spiro atoms. The molecule has 3 rings (SSSR count). The molecule has 1 aliphatic rings. The molecular formula is C19H22N2O3. The number of hydrogen-bond donors (Lipinski definition) is 1. The SMILES string of the molecule is COc1cc2c(cc1OC)CN(C(=O)c1ccc(N)c(C)c1)CC2. The highest BCUT2D eigenvalue weighted by Crippen LogP contribution is 2.33. The lowest BCUT2D eigenvalue weighted by Gasteiger charge is -2.30. The van der Waals surface area contributed by atoms with Crippen LogP contribution in [0.15, 0.2) is 30.3 Å². The summed E-state index contributed by atoms with van der Waals surface area (Å²) >= 11 is 0. The van der Waals surface area contributed by atoms with Gasteiger partial charge in [-0.05, 0) is 60.4 Å². The van der Waals surface area contributed by atoms with E-state index in [0.717, 1.165) is 23.3 Å². The van der Waals surface area contributed by atoms with Crippen molar-refractivity contribution in [3.05, 3.63) is 52.6 Å². The second kappa shape index (κ2) is 6.43. The fourth-order valence-corrected chi connectivity index (χ4v) is 3.05. The monoisotopic (exact) mass is 326 g/mol. The molecule has 2 aromatic carbocycles. The van der Waals surface area contributed by atoms with Gasteiger partial charge >= 0.3 is 0 Å². The fraction of sp³-hybridized carbons (Fsp3) is 0.316. The molecule has 0 saturated heterocycles. The van der Waals surface area contributed by atoms with Gasteiger partial charge in [-0.3, -0.25) is 4.79 Å². The average Bonchev–Trinajstić information content (AvgIpc) is 2.61. The van der Waals surface area contributed by atoms with Crippen LogP contribution in [-0.4, -0.2) is 31.6 Å². The van der Waals surface area contributed by atoms with E-state index in [-0.39, 0.29) is 5.91 Å². The summed E-state index contributed by atoms with van der Waals surface area (Å²) in [5, 5.41) is 0. The third kappa shape index (κ3) is 2.89. The van der Waals surface area contributed by atoms with E-state index in [1.54, 1.807) is 26.4 Å². The molecule has 0 fully saturated rings. The number of nitrogens with zero attached hydrogens (tertiary/aromatic N) is 1. The lowest BCUT2D eigenvalue weighted by atomic mass is 9.98. The quantitative estimate of drug-likeness (QED) is 0.881. The van der Waals surface area contributed by atoms with Gasteiger partial charge in [-0.2, -0.15) is 0 Å². The van der Waals surface area contributed by atoms with Gasteiger partial charge in [-0.15, -0.1) is 0 Å². The molecular weight excluding hydrogens is 304 g/mol. The third-order valence-corrected chi connectivity index (χ3v) is 4.52. The third-order valence-electron chi connectivity index (χ3n) is 4.52. The van der Waals surface area contributed by atoms with Crippen LogP contribution in [0, 0.1) is 6.92 Å². The minimum atomic E-state index is 0.0264. The summed E-state index contributed by atoms with van der Waals surface area (Å²) in [6.07, 6.45) is 0.801. The molecule has 5 nitrogen and oxygen atoms in total. The van der Waals surface area contributed by atoms with Crippen LogP contribution in [0.1, 0.15) is 27.0 Å². The Hall–Kier alpha value is -2.69. The molecule has 0 atom stereocenters. The number of ether oxygens (including phenoxy) is 2. The zero-order valence-corrected chi connectivity index (χ0v) is 14.3. The highest BCUT2D eigenvalue weighted by atomic mass is 16.5. The van der Waals surface area contributed by atoms with Crippen molar-refractivity contribution in [1.82, 2.24) is 4.90 Å². The van der Waals surface area contributed by atoms with Crippen LogP contribution >= 0.6 is 0 Å². The Morgan fingerprint density at radius 1 is 1.08 bits per heavy atom. The molecule has 1 aliphatic heterocycles. The first kappa shape index (κ1) is 16.2. The van der Waals surface area contributed by atoms with E-state index in [4.69, 9.17) is 15.2 Å². The first-order chi connectivity index (χ1) is 11.5. The van der Waals surface area contributed by atoms with E-state index in [9.17, 15) is 4.79 Å². The molecule has 0 bridgehead atoms. The number of carbonyl (C=O) groups is 1. The lowest BCUT2D eigenvalue weighted by Crippen LogP contribution is -2.36. The standard InChI is InChI=1S/C19H22N2O3/c1-12-8-14(4-5-16(12)20)19(22)21-7-6-13-9-17(23-2)18(24-3)10-15(13)11-21/h4-5,8-10H,6-7,11,20H2,1-3H3. The summed E-state index contributed by atoms with van der Waals surface area (Å²) in [4.78, 5) is 14.6. The number of anilines is 1. The van der Waals surface area contributed by atoms with Crippen LogP contribution in [0.4, 0.5) is 5.69 Å². The van der Waals surface area contributed by atoms with E-state index >= 15 is 0 Å². The number of amides is 1. The van der Waals surface area contributed by atoms with E-state index in [0.29, 0.717) is 30.1 Å². The van der Waals surface area contributed by atoms with Gasteiger partial charge < -0.3 is 20.1 Å². The number of nitrogen functional groups attached to an aromatic ring is 1.